The van der Waals surface area contributed by atoms with Crippen molar-refractivity contribution < 1.29 is 17.9 Å². The molecule has 6 nitrogen and oxygen atoms in total. The summed E-state index contributed by atoms with van der Waals surface area (Å²) in [4.78, 5) is 12.8. The van der Waals surface area contributed by atoms with Crippen LogP contribution >= 0.6 is 11.6 Å². The Morgan fingerprint density at radius 2 is 1.85 bits per heavy atom. The van der Waals surface area contributed by atoms with Crippen molar-refractivity contribution in [3.05, 3.63) is 53.1 Å². The van der Waals surface area contributed by atoms with Gasteiger partial charge >= 0.3 is 0 Å². The Labute approximate surface area is 165 Å². The van der Waals surface area contributed by atoms with Gasteiger partial charge in [0.1, 0.15) is 11.8 Å². The number of benzene rings is 2. The molecule has 0 heterocycles. The average Bonchev–Trinajstić information content (AvgIpc) is 2.61. The molecule has 0 radical (unpaired) electrons. The zero-order valence-corrected chi connectivity index (χ0v) is 17.3. The standard InChI is InChI=1S/C19H23ClN2O4S/c1-5-18(19(23)21-14-7-6-13(2)17(20)12-14)22(27(4,24)25)15-8-10-16(26-3)11-9-15/h6-12,18H,5H2,1-4H3,(H,21,23)/t18-/m0/s1. The van der Waals surface area contributed by atoms with Crippen molar-refractivity contribution in [1.29, 1.82) is 0 Å². The highest BCUT2D eigenvalue weighted by Crippen LogP contribution is 2.26. The summed E-state index contributed by atoms with van der Waals surface area (Å²) in [5, 5.41) is 3.28. The Hall–Kier alpha value is -2.25. The molecular weight excluding hydrogens is 388 g/mol. The van der Waals surface area contributed by atoms with Gasteiger partial charge in [0.05, 0.1) is 19.1 Å². The second-order valence-corrected chi connectivity index (χ2v) is 8.40. The molecule has 2 aromatic rings. The van der Waals surface area contributed by atoms with Gasteiger partial charge in [-0.1, -0.05) is 24.6 Å². The Kier molecular flexibility index (Phi) is 6.73. The third-order valence-electron chi connectivity index (χ3n) is 4.10. The summed E-state index contributed by atoms with van der Waals surface area (Å²) in [5.74, 6) is 0.165. The van der Waals surface area contributed by atoms with Crippen molar-refractivity contribution in [2.45, 2.75) is 26.3 Å². The van der Waals surface area contributed by atoms with Crippen LogP contribution in [-0.2, 0) is 14.8 Å². The van der Waals surface area contributed by atoms with Gasteiger partial charge in [-0.15, -0.1) is 0 Å². The van der Waals surface area contributed by atoms with Crippen molar-refractivity contribution in [1.82, 2.24) is 0 Å². The van der Waals surface area contributed by atoms with Gasteiger partial charge < -0.3 is 10.1 Å². The minimum atomic E-state index is -3.70. The van der Waals surface area contributed by atoms with E-state index in [1.54, 1.807) is 49.4 Å². The molecule has 0 spiro atoms. The summed E-state index contributed by atoms with van der Waals surface area (Å²) in [5.41, 5.74) is 1.79. The van der Waals surface area contributed by atoms with Crippen LogP contribution < -0.4 is 14.4 Å². The van der Waals surface area contributed by atoms with Gasteiger partial charge in [0.15, 0.2) is 0 Å². The highest BCUT2D eigenvalue weighted by molar-refractivity contribution is 7.92. The molecule has 2 aromatic carbocycles. The molecule has 146 valence electrons. The first-order chi connectivity index (χ1) is 12.7. The number of carbonyl (C=O) groups is 1. The van der Waals surface area contributed by atoms with E-state index in [-0.39, 0.29) is 0 Å². The third-order valence-corrected chi connectivity index (χ3v) is 5.68. The lowest BCUT2D eigenvalue weighted by atomic mass is 10.1. The largest absolute Gasteiger partial charge is 0.497 e. The number of hydrogen-bond acceptors (Lipinski definition) is 4. The second kappa shape index (κ2) is 8.63. The fraction of sp³-hybridized carbons (Fsp3) is 0.316. The van der Waals surface area contributed by atoms with Crippen LogP contribution in [0.15, 0.2) is 42.5 Å². The first-order valence-electron chi connectivity index (χ1n) is 8.37. The number of nitrogens with one attached hydrogen (secondary N) is 1. The van der Waals surface area contributed by atoms with E-state index in [1.165, 1.54) is 7.11 Å². The number of aryl methyl sites for hydroxylation is 1. The number of anilines is 2. The summed E-state index contributed by atoms with van der Waals surface area (Å²) >= 11 is 6.10. The fourth-order valence-corrected chi connectivity index (χ4v) is 4.08. The molecule has 0 aliphatic heterocycles. The SMILES string of the molecule is CC[C@@H](C(=O)Nc1ccc(C)c(Cl)c1)N(c1ccc(OC)cc1)S(C)(=O)=O. The lowest BCUT2D eigenvalue weighted by Crippen LogP contribution is -2.47. The molecule has 0 aliphatic rings. The maximum Gasteiger partial charge on any atom is 0.248 e. The van der Waals surface area contributed by atoms with E-state index in [2.05, 4.69) is 5.32 Å². The molecule has 2 rings (SSSR count). The van der Waals surface area contributed by atoms with Crippen LogP contribution in [0.4, 0.5) is 11.4 Å². The Balaban J connectivity index is 2.35. The van der Waals surface area contributed by atoms with Gasteiger partial charge in [0, 0.05) is 10.7 Å². The average molecular weight is 411 g/mol. The van der Waals surface area contributed by atoms with E-state index in [0.29, 0.717) is 28.6 Å². The molecule has 0 unspecified atom stereocenters. The molecule has 1 amide bonds. The minimum Gasteiger partial charge on any atom is -0.497 e. The lowest BCUT2D eigenvalue weighted by Gasteiger charge is -2.30. The molecular formula is C19H23ClN2O4S. The topological polar surface area (TPSA) is 75.7 Å². The number of hydrogen-bond donors (Lipinski definition) is 1. The summed E-state index contributed by atoms with van der Waals surface area (Å²) in [6.07, 6.45) is 1.38. The number of ether oxygens (including phenoxy) is 1. The van der Waals surface area contributed by atoms with E-state index in [1.807, 2.05) is 6.92 Å². The molecule has 0 saturated heterocycles. The number of rotatable bonds is 7. The number of amides is 1. The second-order valence-electron chi connectivity index (χ2n) is 6.13. The van der Waals surface area contributed by atoms with E-state index in [0.717, 1.165) is 16.1 Å². The maximum atomic E-state index is 12.8. The molecule has 1 atom stereocenters. The number of nitrogens with zero attached hydrogens (tertiary/aromatic N) is 1. The Bertz CT molecular complexity index is 914. The summed E-state index contributed by atoms with van der Waals surface area (Å²) < 4.78 is 31.1. The van der Waals surface area contributed by atoms with Gasteiger partial charge in [0.25, 0.3) is 0 Å². The van der Waals surface area contributed by atoms with E-state index in [9.17, 15) is 13.2 Å². The van der Waals surface area contributed by atoms with Crippen LogP contribution in [0.5, 0.6) is 5.75 Å². The smallest absolute Gasteiger partial charge is 0.248 e. The first kappa shape index (κ1) is 21.1. The first-order valence-corrected chi connectivity index (χ1v) is 10.6. The van der Waals surface area contributed by atoms with Crippen molar-refractivity contribution in [3.63, 3.8) is 0 Å². The van der Waals surface area contributed by atoms with Crippen molar-refractivity contribution >= 4 is 38.9 Å². The van der Waals surface area contributed by atoms with Crippen LogP contribution in [0.1, 0.15) is 18.9 Å². The zero-order valence-electron chi connectivity index (χ0n) is 15.7. The van der Waals surface area contributed by atoms with Crippen LogP contribution in [-0.4, -0.2) is 33.7 Å². The maximum absolute atomic E-state index is 12.8. The van der Waals surface area contributed by atoms with Crippen LogP contribution in [0.3, 0.4) is 0 Å². The van der Waals surface area contributed by atoms with Gasteiger partial charge in [-0.25, -0.2) is 8.42 Å². The number of carbonyl (C=O) groups excluding carboxylic acids is 1. The lowest BCUT2D eigenvalue weighted by molar-refractivity contribution is -0.117. The van der Waals surface area contributed by atoms with Crippen LogP contribution in [0, 0.1) is 6.92 Å². The van der Waals surface area contributed by atoms with Gasteiger partial charge in [-0.05, 0) is 55.3 Å². The molecule has 0 aromatic heterocycles. The number of sulfonamides is 1. The molecule has 1 N–H and O–H groups in total. The molecule has 0 aliphatic carbocycles. The van der Waals surface area contributed by atoms with Gasteiger partial charge in [-0.3, -0.25) is 9.10 Å². The normalized spacial score (nSPS) is 12.3. The fourth-order valence-electron chi connectivity index (χ4n) is 2.69. The van der Waals surface area contributed by atoms with Crippen LogP contribution in [0.2, 0.25) is 5.02 Å². The van der Waals surface area contributed by atoms with Gasteiger partial charge in [0.2, 0.25) is 15.9 Å². The minimum absolute atomic E-state index is 0.296. The monoisotopic (exact) mass is 410 g/mol. The molecule has 0 saturated carbocycles. The highest BCUT2D eigenvalue weighted by atomic mass is 35.5. The van der Waals surface area contributed by atoms with E-state index >= 15 is 0 Å². The van der Waals surface area contributed by atoms with E-state index in [4.69, 9.17) is 16.3 Å². The molecule has 0 fully saturated rings. The van der Waals surface area contributed by atoms with Crippen molar-refractivity contribution in [2.24, 2.45) is 0 Å². The predicted octanol–water partition coefficient (Wildman–Crippen LogP) is 3.84. The zero-order chi connectivity index (χ0) is 20.2. The van der Waals surface area contributed by atoms with E-state index < -0.39 is 22.0 Å². The number of halogens is 1. The highest BCUT2D eigenvalue weighted by Gasteiger charge is 2.31. The summed E-state index contributed by atoms with van der Waals surface area (Å²) in [7, 11) is -2.17. The quantitative estimate of drug-likeness (QED) is 0.752. The Morgan fingerprint density at radius 1 is 1.22 bits per heavy atom. The number of methoxy groups -OCH3 is 1. The van der Waals surface area contributed by atoms with Gasteiger partial charge in [-0.2, -0.15) is 0 Å². The summed E-state index contributed by atoms with van der Waals surface area (Å²) in [6, 6.07) is 10.8. The predicted molar refractivity (Wildman–Crippen MR) is 109 cm³/mol. The third kappa shape index (κ3) is 5.14. The molecule has 8 heteroatoms. The molecule has 27 heavy (non-hydrogen) atoms. The van der Waals surface area contributed by atoms with Crippen molar-refractivity contribution in [2.75, 3.05) is 23.0 Å². The van der Waals surface area contributed by atoms with Crippen molar-refractivity contribution in [3.8, 4) is 5.75 Å². The molecule has 0 bridgehead atoms. The Morgan fingerprint density at radius 3 is 2.33 bits per heavy atom. The summed E-state index contributed by atoms with van der Waals surface area (Å²) in [6.45, 7) is 3.62. The van der Waals surface area contributed by atoms with Crippen LogP contribution in [0.25, 0.3) is 0 Å².